The van der Waals surface area contributed by atoms with E-state index in [1.807, 2.05) is 6.26 Å². The van der Waals surface area contributed by atoms with Crippen molar-refractivity contribution in [2.24, 2.45) is 0 Å². The van der Waals surface area contributed by atoms with Crippen LogP contribution >= 0.6 is 10.7 Å². The minimum atomic E-state index is -1.09. The van der Waals surface area contributed by atoms with Gasteiger partial charge in [0.1, 0.15) is 6.26 Å². The zero-order valence-electron chi connectivity index (χ0n) is 5.79. The number of halogens is 1. The molecule has 50 valence electrons. The molecule has 0 amide bonds. The fourth-order valence-electron chi connectivity index (χ4n) is 0.422. The van der Waals surface area contributed by atoms with Crippen molar-refractivity contribution in [3.63, 3.8) is 0 Å². The fraction of sp³-hybridized carbons (Fsp3) is 1.00. The lowest BCUT2D eigenvalue weighted by molar-refractivity contribution is 1.45. The minimum Gasteiger partial charge on any atom is -0.152 e. The van der Waals surface area contributed by atoms with E-state index in [0.717, 1.165) is 0 Å². The van der Waals surface area contributed by atoms with Crippen LogP contribution < -0.4 is 4.39 Å². The van der Waals surface area contributed by atoms with Crippen LogP contribution in [0.25, 0.3) is 0 Å². The molecule has 0 rings (SSSR count). The van der Waals surface area contributed by atoms with Gasteiger partial charge >= 0.3 is 0 Å². The van der Waals surface area contributed by atoms with Crippen LogP contribution in [0.5, 0.6) is 0 Å². The molecule has 0 fully saturated rings. The molecule has 0 heterocycles. The SMILES string of the molecule is C[S+](Cl)N[Si](C)(C)C. The predicted molar refractivity (Wildman–Crippen MR) is 45.6 cm³/mol. The molecule has 0 aromatic heterocycles. The van der Waals surface area contributed by atoms with Crippen LogP contribution in [0.3, 0.4) is 0 Å². The minimum absolute atomic E-state index is 0.101. The van der Waals surface area contributed by atoms with Crippen LogP contribution in [0.15, 0.2) is 0 Å². The molecular weight excluding hydrogens is 158 g/mol. The number of rotatable bonds is 2. The van der Waals surface area contributed by atoms with Crippen LogP contribution in [0, 0.1) is 0 Å². The third-order valence-electron chi connectivity index (χ3n) is 0.447. The first-order valence-electron chi connectivity index (χ1n) is 2.52. The first-order valence-corrected chi connectivity index (χ1v) is 8.48. The van der Waals surface area contributed by atoms with Gasteiger partial charge in [-0.15, -0.1) is 0 Å². The highest BCUT2D eigenvalue weighted by Gasteiger charge is 2.21. The monoisotopic (exact) mass is 170 g/mol. The average Bonchev–Trinajstić information content (AvgIpc) is 1.21. The molecule has 0 spiro atoms. The van der Waals surface area contributed by atoms with Crippen LogP contribution in [0.1, 0.15) is 0 Å². The van der Waals surface area contributed by atoms with Crippen LogP contribution in [-0.2, 0) is 10.3 Å². The van der Waals surface area contributed by atoms with E-state index in [9.17, 15) is 0 Å². The molecule has 0 saturated heterocycles. The average molecular weight is 171 g/mol. The van der Waals surface area contributed by atoms with E-state index in [2.05, 4.69) is 24.0 Å². The van der Waals surface area contributed by atoms with Crippen LogP contribution in [-0.4, -0.2) is 14.5 Å². The second kappa shape index (κ2) is 3.10. The summed E-state index contributed by atoms with van der Waals surface area (Å²) in [4.78, 5) is 0. The quantitative estimate of drug-likeness (QED) is 0.492. The van der Waals surface area contributed by atoms with Gasteiger partial charge in [-0.25, -0.2) is 0 Å². The van der Waals surface area contributed by atoms with E-state index in [0.29, 0.717) is 0 Å². The Bertz CT molecular complexity index is 70.9. The van der Waals surface area contributed by atoms with Gasteiger partial charge in [0.25, 0.3) is 0 Å². The Labute approximate surface area is 59.9 Å². The van der Waals surface area contributed by atoms with Gasteiger partial charge in [0.2, 0.25) is 0 Å². The Balaban J connectivity index is 3.39. The number of hydrogen-bond acceptors (Lipinski definition) is 1. The first-order chi connectivity index (χ1) is 3.42. The van der Waals surface area contributed by atoms with E-state index in [1.54, 1.807) is 0 Å². The summed E-state index contributed by atoms with van der Waals surface area (Å²) in [6, 6.07) is 0. The summed E-state index contributed by atoms with van der Waals surface area (Å²) in [5, 5.41) is 0. The zero-order valence-corrected chi connectivity index (χ0v) is 8.36. The summed E-state index contributed by atoms with van der Waals surface area (Å²) in [6.07, 6.45) is 1.99. The molecule has 0 bridgehead atoms. The van der Waals surface area contributed by atoms with Gasteiger partial charge in [0.15, 0.2) is 29.2 Å². The lowest BCUT2D eigenvalue weighted by atomic mass is 11.8. The van der Waals surface area contributed by atoms with Crippen LogP contribution in [0.4, 0.5) is 0 Å². The molecule has 0 saturated carbocycles. The Morgan fingerprint density at radius 1 is 1.38 bits per heavy atom. The summed E-state index contributed by atoms with van der Waals surface area (Å²) in [6.45, 7) is 6.70. The summed E-state index contributed by atoms with van der Waals surface area (Å²) < 4.78 is 3.31. The van der Waals surface area contributed by atoms with E-state index in [4.69, 9.17) is 10.7 Å². The zero-order chi connectivity index (χ0) is 6.78. The van der Waals surface area contributed by atoms with Crippen molar-refractivity contribution in [2.75, 3.05) is 6.26 Å². The van der Waals surface area contributed by atoms with Crippen molar-refractivity contribution in [1.29, 1.82) is 0 Å². The van der Waals surface area contributed by atoms with Crippen molar-refractivity contribution in [3.05, 3.63) is 0 Å². The summed E-state index contributed by atoms with van der Waals surface area (Å²) >= 11 is 0. The topological polar surface area (TPSA) is 12.0 Å². The molecule has 4 heteroatoms. The smallest absolute Gasteiger partial charge is 0.152 e. The Hall–Kier alpha value is 0.817. The van der Waals surface area contributed by atoms with Crippen molar-refractivity contribution < 1.29 is 0 Å². The molecule has 1 N–H and O–H groups in total. The first kappa shape index (κ1) is 8.82. The second-order valence-corrected chi connectivity index (χ2v) is 10.4. The Morgan fingerprint density at radius 3 is 1.75 bits per heavy atom. The molecule has 0 aliphatic carbocycles. The third-order valence-corrected chi connectivity index (χ3v) is 4.72. The van der Waals surface area contributed by atoms with Crippen molar-refractivity contribution in [3.8, 4) is 0 Å². The van der Waals surface area contributed by atoms with Gasteiger partial charge in [-0.2, -0.15) is 4.39 Å². The normalized spacial score (nSPS) is 16.1. The van der Waals surface area contributed by atoms with E-state index in [-0.39, 0.29) is 10.3 Å². The molecule has 1 nitrogen and oxygen atoms in total. The van der Waals surface area contributed by atoms with E-state index in [1.165, 1.54) is 0 Å². The van der Waals surface area contributed by atoms with Crippen molar-refractivity contribution in [1.82, 2.24) is 4.39 Å². The maximum absolute atomic E-state index is 5.71. The Kier molecular flexibility index (Phi) is 3.42. The highest BCUT2D eigenvalue weighted by atomic mass is 35.7. The third kappa shape index (κ3) is 6.82. The van der Waals surface area contributed by atoms with Gasteiger partial charge < -0.3 is 0 Å². The lowest BCUT2D eigenvalue weighted by Crippen LogP contribution is -2.42. The maximum atomic E-state index is 5.71. The molecule has 0 aromatic carbocycles. The lowest BCUT2D eigenvalue weighted by Gasteiger charge is -2.10. The highest BCUT2D eigenvalue weighted by molar-refractivity contribution is 8.17. The van der Waals surface area contributed by atoms with E-state index >= 15 is 0 Å². The molecule has 1 unspecified atom stereocenters. The Morgan fingerprint density at radius 2 is 1.75 bits per heavy atom. The van der Waals surface area contributed by atoms with Crippen LogP contribution in [0.2, 0.25) is 19.6 Å². The van der Waals surface area contributed by atoms with Gasteiger partial charge in [-0.1, -0.05) is 19.6 Å². The maximum Gasteiger partial charge on any atom is 0.199 e. The molecule has 0 aliphatic heterocycles. The van der Waals surface area contributed by atoms with Gasteiger partial charge in [0.05, 0.1) is 0 Å². The van der Waals surface area contributed by atoms with Crippen molar-refractivity contribution in [2.45, 2.75) is 19.6 Å². The number of hydrogen-bond donors (Lipinski definition) is 1. The van der Waals surface area contributed by atoms with Gasteiger partial charge in [-0.3, -0.25) is 0 Å². The molecular formula is C4H13ClNSSi+. The summed E-state index contributed by atoms with van der Waals surface area (Å²) in [5.74, 6) is 0. The molecule has 0 aromatic rings. The molecule has 0 aliphatic rings. The van der Waals surface area contributed by atoms with Gasteiger partial charge in [0, 0.05) is 0 Å². The largest absolute Gasteiger partial charge is 0.199 e. The van der Waals surface area contributed by atoms with Gasteiger partial charge in [-0.05, 0) is 0 Å². The second-order valence-electron chi connectivity index (χ2n) is 2.79. The molecule has 8 heavy (non-hydrogen) atoms. The molecule has 1 atom stereocenters. The number of nitrogens with one attached hydrogen (secondary N) is 1. The summed E-state index contributed by atoms with van der Waals surface area (Å²) in [5.41, 5.74) is 0. The highest BCUT2D eigenvalue weighted by Crippen LogP contribution is 2.00. The molecule has 0 radical (unpaired) electrons. The summed E-state index contributed by atoms with van der Waals surface area (Å²) in [7, 11) is 4.52. The fourth-order valence-corrected chi connectivity index (χ4v) is 5.88. The predicted octanol–water partition coefficient (Wildman–Crippen LogP) is 1.73. The van der Waals surface area contributed by atoms with E-state index < -0.39 is 8.24 Å². The standard InChI is InChI=1S/C4H13ClNSSi/c1-7(5)6-8(2,3)4/h6H,1-4H3/q+1. The van der Waals surface area contributed by atoms with Crippen molar-refractivity contribution >= 4 is 29.2 Å².